The number of carbonyl (C=O) groups is 1. The number of benzene rings is 2. The minimum absolute atomic E-state index is 0.0630. The Morgan fingerprint density at radius 3 is 2.51 bits per heavy atom. The van der Waals surface area contributed by atoms with Crippen molar-refractivity contribution < 1.29 is 31.5 Å². The van der Waals surface area contributed by atoms with Gasteiger partial charge in [-0.3, -0.25) is 4.79 Å². The Balaban J connectivity index is 1.64. The van der Waals surface area contributed by atoms with Gasteiger partial charge in [-0.05, 0) is 43.4 Å². The molecular formula is C25H26Cl2F5N5O2. The SMILES string of the molecule is Cn1c(Nc2c(Cl)ccc(CN)c2Cl)nc2cc(C(=O)NC3CCC(C(F)(F)F)CC3)c(OCC(F)F)cc21. The van der Waals surface area contributed by atoms with Crippen molar-refractivity contribution in [1.29, 1.82) is 0 Å². The number of fused-ring (bicyclic) bond motifs is 1. The van der Waals surface area contributed by atoms with Crippen LogP contribution in [0.3, 0.4) is 0 Å². The van der Waals surface area contributed by atoms with E-state index in [9.17, 15) is 26.7 Å². The van der Waals surface area contributed by atoms with E-state index in [4.69, 9.17) is 33.7 Å². The standard InChI is InChI=1S/C25H26Cl2F5N5O2/c1-37-18-9-19(39-11-20(28)29)15(23(38)34-14-5-3-13(4-6-14)25(30,31)32)8-17(18)35-24(37)36-22-16(26)7-2-12(10-33)21(22)27/h2,7-9,13-14,20H,3-6,10-11,33H2,1H3,(H,34,38)(H,35,36). The number of aryl methyl sites for hydroxylation is 1. The van der Waals surface area contributed by atoms with Crippen LogP contribution in [-0.2, 0) is 13.6 Å². The molecule has 1 fully saturated rings. The minimum Gasteiger partial charge on any atom is -0.487 e. The van der Waals surface area contributed by atoms with Crippen molar-refractivity contribution in [1.82, 2.24) is 14.9 Å². The van der Waals surface area contributed by atoms with Crippen LogP contribution in [0, 0.1) is 5.92 Å². The average Bonchev–Trinajstić information content (AvgIpc) is 3.18. The van der Waals surface area contributed by atoms with Crippen molar-refractivity contribution in [3.05, 3.63) is 45.4 Å². The Morgan fingerprint density at radius 1 is 1.21 bits per heavy atom. The predicted molar refractivity (Wildman–Crippen MR) is 139 cm³/mol. The third-order valence-corrected chi connectivity index (χ3v) is 7.49. The molecule has 1 amide bonds. The smallest absolute Gasteiger partial charge is 0.391 e. The van der Waals surface area contributed by atoms with Crippen LogP contribution in [0.1, 0.15) is 41.6 Å². The summed E-state index contributed by atoms with van der Waals surface area (Å²) < 4.78 is 71.8. The number of ether oxygens (including phenoxy) is 1. The molecule has 3 aromatic rings. The average molecular weight is 594 g/mol. The first-order valence-corrected chi connectivity index (χ1v) is 12.9. The van der Waals surface area contributed by atoms with Crippen LogP contribution in [0.15, 0.2) is 24.3 Å². The maximum absolute atomic E-state index is 13.1. The van der Waals surface area contributed by atoms with E-state index < -0.39 is 37.1 Å². The second-order valence-electron chi connectivity index (χ2n) is 9.32. The van der Waals surface area contributed by atoms with Gasteiger partial charge in [-0.15, -0.1) is 0 Å². The fourth-order valence-corrected chi connectivity index (χ4v) is 5.13. The number of nitrogens with zero attached hydrogens (tertiary/aromatic N) is 2. The number of anilines is 2. The first-order chi connectivity index (χ1) is 18.4. The third kappa shape index (κ3) is 6.50. The second kappa shape index (κ2) is 11.7. The lowest BCUT2D eigenvalue weighted by Gasteiger charge is -2.30. The van der Waals surface area contributed by atoms with E-state index >= 15 is 0 Å². The van der Waals surface area contributed by atoms with Crippen molar-refractivity contribution >= 4 is 51.8 Å². The zero-order valence-electron chi connectivity index (χ0n) is 20.7. The maximum atomic E-state index is 13.1. The number of alkyl halides is 5. The molecule has 212 valence electrons. The Hall–Kier alpha value is -2.83. The molecule has 1 heterocycles. The summed E-state index contributed by atoms with van der Waals surface area (Å²) in [5, 5.41) is 6.39. The van der Waals surface area contributed by atoms with Gasteiger partial charge in [0, 0.05) is 25.7 Å². The Kier molecular flexibility index (Phi) is 8.77. The number of hydrogen-bond donors (Lipinski definition) is 3. The molecular weight excluding hydrogens is 568 g/mol. The van der Waals surface area contributed by atoms with Crippen molar-refractivity contribution in [3.63, 3.8) is 0 Å². The van der Waals surface area contributed by atoms with E-state index in [1.807, 2.05) is 0 Å². The molecule has 0 radical (unpaired) electrons. The number of amides is 1. The largest absolute Gasteiger partial charge is 0.487 e. The summed E-state index contributed by atoms with van der Waals surface area (Å²) in [6.07, 6.45) is -6.99. The van der Waals surface area contributed by atoms with Gasteiger partial charge < -0.3 is 25.7 Å². The number of aromatic nitrogens is 2. The summed E-state index contributed by atoms with van der Waals surface area (Å²) in [7, 11) is 1.65. The quantitative estimate of drug-likeness (QED) is 0.257. The highest BCUT2D eigenvalue weighted by molar-refractivity contribution is 6.39. The molecule has 0 spiro atoms. The first-order valence-electron chi connectivity index (χ1n) is 12.1. The van der Waals surface area contributed by atoms with Crippen molar-refractivity contribution in [2.75, 3.05) is 11.9 Å². The Bertz CT molecular complexity index is 1360. The molecule has 0 atom stereocenters. The van der Waals surface area contributed by atoms with Crippen LogP contribution in [-0.4, -0.2) is 40.7 Å². The van der Waals surface area contributed by atoms with Gasteiger partial charge in [0.2, 0.25) is 5.95 Å². The molecule has 14 heteroatoms. The van der Waals surface area contributed by atoms with E-state index in [0.29, 0.717) is 32.3 Å². The lowest BCUT2D eigenvalue weighted by Crippen LogP contribution is -2.40. The van der Waals surface area contributed by atoms with Crippen molar-refractivity contribution in [2.24, 2.45) is 18.7 Å². The molecule has 1 saturated carbocycles. The summed E-state index contributed by atoms with van der Waals surface area (Å²) >= 11 is 12.8. The monoisotopic (exact) mass is 593 g/mol. The lowest BCUT2D eigenvalue weighted by molar-refractivity contribution is -0.182. The zero-order valence-corrected chi connectivity index (χ0v) is 22.2. The van der Waals surface area contributed by atoms with E-state index in [2.05, 4.69) is 15.6 Å². The second-order valence-corrected chi connectivity index (χ2v) is 10.1. The molecule has 2 aromatic carbocycles. The Morgan fingerprint density at radius 2 is 1.90 bits per heavy atom. The predicted octanol–water partition coefficient (Wildman–Crippen LogP) is 6.58. The van der Waals surface area contributed by atoms with Crippen molar-refractivity contribution in [2.45, 2.75) is 50.9 Å². The molecule has 0 bridgehead atoms. The van der Waals surface area contributed by atoms with Crippen LogP contribution < -0.4 is 21.1 Å². The molecule has 7 nitrogen and oxygen atoms in total. The summed E-state index contributed by atoms with van der Waals surface area (Å²) in [5.41, 5.74) is 7.45. The molecule has 39 heavy (non-hydrogen) atoms. The van der Waals surface area contributed by atoms with Crippen LogP contribution in [0.5, 0.6) is 5.75 Å². The highest BCUT2D eigenvalue weighted by atomic mass is 35.5. The summed E-state index contributed by atoms with van der Waals surface area (Å²) in [6.45, 7) is -0.781. The molecule has 0 unspecified atom stereocenters. The molecule has 0 saturated heterocycles. The number of nitrogens with two attached hydrogens (primary N) is 1. The number of hydrogen-bond acceptors (Lipinski definition) is 5. The lowest BCUT2D eigenvalue weighted by atomic mass is 9.85. The van der Waals surface area contributed by atoms with Gasteiger partial charge in [-0.2, -0.15) is 13.2 Å². The first kappa shape index (κ1) is 29.2. The number of halogens is 7. The van der Waals surface area contributed by atoms with E-state index in [0.717, 1.165) is 0 Å². The van der Waals surface area contributed by atoms with Gasteiger partial charge in [0.1, 0.15) is 12.4 Å². The number of rotatable bonds is 8. The molecule has 1 aliphatic carbocycles. The minimum atomic E-state index is -4.28. The van der Waals surface area contributed by atoms with Gasteiger partial charge in [-0.25, -0.2) is 13.8 Å². The molecule has 1 aromatic heterocycles. The van der Waals surface area contributed by atoms with E-state index in [1.54, 1.807) is 23.7 Å². The molecule has 0 aliphatic heterocycles. The fourth-order valence-electron chi connectivity index (χ4n) is 4.59. The van der Waals surface area contributed by atoms with Gasteiger partial charge in [0.25, 0.3) is 12.3 Å². The van der Waals surface area contributed by atoms with Gasteiger partial charge in [0.05, 0.1) is 38.2 Å². The van der Waals surface area contributed by atoms with Crippen LogP contribution in [0.25, 0.3) is 11.0 Å². The van der Waals surface area contributed by atoms with Gasteiger partial charge in [-0.1, -0.05) is 29.3 Å². The van der Waals surface area contributed by atoms with Crippen LogP contribution >= 0.6 is 23.2 Å². The van der Waals surface area contributed by atoms with E-state index in [1.165, 1.54) is 12.1 Å². The topological polar surface area (TPSA) is 94.2 Å². The number of carbonyl (C=O) groups excluding carboxylic acids is 1. The molecule has 1 aliphatic rings. The Labute approximate surface area is 230 Å². The highest BCUT2D eigenvalue weighted by Crippen LogP contribution is 2.39. The summed E-state index contributed by atoms with van der Waals surface area (Å²) in [5.74, 6) is -1.89. The fraction of sp³-hybridized carbons (Fsp3) is 0.440. The molecule has 4 N–H and O–H groups in total. The maximum Gasteiger partial charge on any atom is 0.391 e. The summed E-state index contributed by atoms with van der Waals surface area (Å²) in [6, 6.07) is 5.62. The van der Waals surface area contributed by atoms with Gasteiger partial charge in [0.15, 0.2) is 0 Å². The van der Waals surface area contributed by atoms with Crippen LogP contribution in [0.4, 0.5) is 33.6 Å². The number of nitrogens with one attached hydrogen (secondary N) is 2. The molecule has 4 rings (SSSR count). The summed E-state index contributed by atoms with van der Waals surface area (Å²) in [4.78, 5) is 17.6. The normalized spacial score (nSPS) is 18.0. The number of imidazole rings is 1. The van der Waals surface area contributed by atoms with Gasteiger partial charge >= 0.3 is 6.18 Å². The zero-order chi connectivity index (χ0) is 28.5. The van der Waals surface area contributed by atoms with E-state index in [-0.39, 0.29) is 49.5 Å². The van der Waals surface area contributed by atoms with Crippen molar-refractivity contribution in [3.8, 4) is 5.75 Å². The third-order valence-electron chi connectivity index (χ3n) is 6.74. The van der Waals surface area contributed by atoms with Crippen LogP contribution in [0.2, 0.25) is 10.0 Å². The highest BCUT2D eigenvalue weighted by Gasteiger charge is 2.41.